The van der Waals surface area contributed by atoms with E-state index in [0.29, 0.717) is 6.42 Å². The first-order chi connectivity index (χ1) is 13.7. The zero-order valence-electron chi connectivity index (χ0n) is 15.7. The predicted octanol–water partition coefficient (Wildman–Crippen LogP) is -4.83. The number of rotatable bonds is 8. The number of carbonyl (C=O) groups excluding carboxylic acids is 1. The number of amidine groups is 1. The molecule has 3 aliphatic rings. The van der Waals surface area contributed by atoms with E-state index in [0.717, 1.165) is 0 Å². The number of nitrogens with two attached hydrogens (primary N) is 1. The molecule has 3 rings (SSSR count). The first kappa shape index (κ1) is 26.9. The van der Waals surface area contributed by atoms with Gasteiger partial charge in [0.2, 0.25) is 5.96 Å². The van der Waals surface area contributed by atoms with Crippen molar-refractivity contribution in [2.24, 2.45) is 20.7 Å². The summed E-state index contributed by atoms with van der Waals surface area (Å²) in [6.45, 7) is -0.642. The van der Waals surface area contributed by atoms with Gasteiger partial charge in [-0.25, -0.2) is 13.4 Å². The molecule has 3 heterocycles. The van der Waals surface area contributed by atoms with Crippen LogP contribution in [0.4, 0.5) is 0 Å². The number of phosphoric ester groups is 1. The van der Waals surface area contributed by atoms with E-state index < -0.39 is 54.4 Å². The summed E-state index contributed by atoms with van der Waals surface area (Å²) < 4.78 is 50.6. The van der Waals surface area contributed by atoms with E-state index in [2.05, 4.69) is 28.1 Å². The molecule has 0 aromatic carbocycles. The van der Waals surface area contributed by atoms with Crippen molar-refractivity contribution in [3.05, 3.63) is 0 Å². The number of guanidine groups is 1. The Bertz CT molecular complexity index is 967. The molecule has 5 N–H and O–H groups in total. The largest absolute Gasteiger partial charge is 1.00 e. The molecule has 0 aromatic heterocycles. The van der Waals surface area contributed by atoms with Gasteiger partial charge in [-0.05, 0) is 12.8 Å². The van der Waals surface area contributed by atoms with Crippen LogP contribution in [-0.2, 0) is 36.4 Å². The molecular weight excluding hydrogens is 498 g/mol. The van der Waals surface area contributed by atoms with E-state index in [-0.39, 0.29) is 47.8 Å². The molecule has 168 valence electrons. The molecule has 17 nitrogen and oxygen atoms in total. The van der Waals surface area contributed by atoms with Gasteiger partial charge in [-0.1, -0.05) is 0 Å². The Kier molecular flexibility index (Phi) is 8.57. The average molecular weight is 513 g/mol. The molecule has 5 atom stereocenters. The second-order valence-electron chi connectivity index (χ2n) is 6.01. The summed E-state index contributed by atoms with van der Waals surface area (Å²) in [7, 11) is -16.6. The number of aliphatic imine (C=N–C) groups is 3. The Morgan fingerprint density at radius 1 is 1.23 bits per heavy atom. The topological polar surface area (TPSA) is 255 Å². The maximum atomic E-state index is 11.8. The molecular formula is C10H15N5NaO12P3. The van der Waals surface area contributed by atoms with Crippen LogP contribution in [0.5, 0.6) is 0 Å². The van der Waals surface area contributed by atoms with Crippen molar-refractivity contribution in [2.75, 3.05) is 6.61 Å². The molecule has 0 saturated carbocycles. The molecule has 3 aliphatic heterocycles. The van der Waals surface area contributed by atoms with Gasteiger partial charge in [0.25, 0.3) is 13.7 Å². The number of nitrogens with zero attached hydrogens (tertiary/aromatic N) is 4. The second-order valence-corrected chi connectivity index (χ2v) is 10.4. The Morgan fingerprint density at radius 2 is 1.90 bits per heavy atom. The quantitative estimate of drug-likeness (QED) is 0.175. The normalized spacial score (nSPS) is 29.5. The van der Waals surface area contributed by atoms with Gasteiger partial charge in [0.15, 0.2) is 11.9 Å². The van der Waals surface area contributed by atoms with Crippen LogP contribution in [0.3, 0.4) is 0 Å². The van der Waals surface area contributed by atoms with Crippen LogP contribution in [0.2, 0.25) is 0 Å². The molecule has 0 aliphatic carbocycles. The van der Waals surface area contributed by atoms with Gasteiger partial charge in [0, 0.05) is 0 Å². The van der Waals surface area contributed by atoms with Crippen LogP contribution in [0.15, 0.2) is 15.0 Å². The first-order valence-electron chi connectivity index (χ1n) is 7.95. The molecule has 21 heteroatoms. The number of carbonyl (C=O) groups is 1. The summed E-state index contributed by atoms with van der Waals surface area (Å²) >= 11 is 0. The fourth-order valence-electron chi connectivity index (χ4n) is 2.72. The van der Waals surface area contributed by atoms with Crippen LogP contribution >= 0.6 is 23.5 Å². The van der Waals surface area contributed by atoms with Gasteiger partial charge in [0.05, 0.1) is 19.0 Å². The molecule has 1 saturated heterocycles. The van der Waals surface area contributed by atoms with Gasteiger partial charge in [-0.3, -0.25) is 19.3 Å². The Labute approximate surface area is 196 Å². The molecule has 0 radical (unpaired) electrons. The minimum Gasteiger partial charge on any atom is -0.756 e. The minimum atomic E-state index is -5.66. The van der Waals surface area contributed by atoms with Crippen LogP contribution in [-0.4, -0.2) is 68.6 Å². The number of hydrogen-bond donors (Lipinski definition) is 4. The summed E-state index contributed by atoms with van der Waals surface area (Å²) in [5, 5.41) is 0. The summed E-state index contributed by atoms with van der Waals surface area (Å²) in [6, 6.07) is -0.945. The summed E-state index contributed by atoms with van der Waals surface area (Å²) in [5.41, 5.74) is 5.47. The third kappa shape index (κ3) is 7.32. The van der Waals surface area contributed by atoms with Crippen molar-refractivity contribution in [3.8, 4) is 0 Å². The molecule has 5 unspecified atom stereocenters. The fraction of sp³-hybridized carbons (Fsp3) is 0.600. The molecule has 0 spiro atoms. The third-order valence-electron chi connectivity index (χ3n) is 3.76. The van der Waals surface area contributed by atoms with Crippen LogP contribution in [0.25, 0.3) is 0 Å². The first-order valence-corrected chi connectivity index (χ1v) is 12.4. The van der Waals surface area contributed by atoms with Gasteiger partial charge in [-0.2, -0.15) is 14.3 Å². The zero-order chi connectivity index (χ0) is 22.3. The van der Waals surface area contributed by atoms with Crippen molar-refractivity contribution in [2.45, 2.75) is 31.2 Å². The fourth-order valence-corrected chi connectivity index (χ4v) is 5.74. The summed E-state index contributed by atoms with van der Waals surface area (Å²) in [4.78, 5) is 62.3. The van der Waals surface area contributed by atoms with Gasteiger partial charge >= 0.3 is 45.2 Å². The van der Waals surface area contributed by atoms with Crippen molar-refractivity contribution < 1.29 is 85.5 Å². The van der Waals surface area contributed by atoms with Crippen molar-refractivity contribution >= 4 is 47.5 Å². The van der Waals surface area contributed by atoms with Crippen molar-refractivity contribution in [1.29, 1.82) is 0 Å². The van der Waals surface area contributed by atoms with Crippen LogP contribution in [0.1, 0.15) is 12.8 Å². The SMILES string of the molecule is NC1=NC(=O)C2N=CN(C3CCC(COP(=O)([O-])OP(=O)(O)OP(=O)(O)O)O3)C2=N1.[Na+]. The van der Waals surface area contributed by atoms with Crippen LogP contribution < -0.4 is 40.2 Å². The molecule has 1 fully saturated rings. The molecule has 31 heavy (non-hydrogen) atoms. The number of fused-ring (bicyclic) bond motifs is 1. The smallest absolute Gasteiger partial charge is 0.756 e. The maximum absolute atomic E-state index is 11.8. The standard InChI is InChI=1S/C10H16N5O12P3.Na/c11-10-13-8-7(9(16)14-10)12-4-15(8)6-2-1-5(25-6)3-24-29(20,21)27-30(22,23)26-28(17,18)19;/h4-7H,1-3H2,(H,20,21)(H,22,23)(H2,11,14,16)(H2,17,18,19);/q;+1/p-1. The van der Waals surface area contributed by atoms with E-state index in [1.54, 1.807) is 0 Å². The predicted molar refractivity (Wildman–Crippen MR) is 93.7 cm³/mol. The maximum Gasteiger partial charge on any atom is 1.00 e. The van der Waals surface area contributed by atoms with E-state index in [9.17, 15) is 23.4 Å². The van der Waals surface area contributed by atoms with E-state index in [1.165, 1.54) is 11.2 Å². The van der Waals surface area contributed by atoms with E-state index >= 15 is 0 Å². The van der Waals surface area contributed by atoms with Gasteiger partial charge in [-0.15, -0.1) is 0 Å². The zero-order valence-corrected chi connectivity index (χ0v) is 20.3. The number of ether oxygens (including phenoxy) is 1. The summed E-state index contributed by atoms with van der Waals surface area (Å²) in [6.07, 6.45) is 0.437. The van der Waals surface area contributed by atoms with E-state index in [1.807, 2.05) is 0 Å². The van der Waals surface area contributed by atoms with Crippen molar-refractivity contribution in [1.82, 2.24) is 4.90 Å². The number of phosphoric acid groups is 3. The minimum absolute atomic E-state index is 0. The third-order valence-corrected chi connectivity index (χ3v) is 7.53. The molecule has 0 aromatic rings. The molecule has 1 amide bonds. The average Bonchev–Trinajstić information content (AvgIpc) is 3.15. The van der Waals surface area contributed by atoms with Crippen molar-refractivity contribution in [3.63, 3.8) is 0 Å². The van der Waals surface area contributed by atoms with E-state index in [4.69, 9.17) is 25.2 Å². The number of amides is 1. The van der Waals surface area contributed by atoms with Gasteiger partial charge < -0.3 is 34.6 Å². The Hall–Kier alpha value is -0.350. The number of hydrogen-bond acceptors (Lipinski definition) is 13. The molecule has 0 bridgehead atoms. The Morgan fingerprint density at radius 3 is 2.55 bits per heavy atom. The summed E-state index contributed by atoms with van der Waals surface area (Å²) in [5.74, 6) is -0.632. The second kappa shape index (κ2) is 9.87. The van der Waals surface area contributed by atoms with Gasteiger partial charge in [0.1, 0.15) is 6.23 Å². The monoisotopic (exact) mass is 513 g/mol. The van der Waals surface area contributed by atoms with Crippen LogP contribution in [0, 0.1) is 0 Å². The Balaban J connectivity index is 0.00000341.